The van der Waals surface area contributed by atoms with Crippen LogP contribution < -0.4 is 10.6 Å². The normalized spacial score (nSPS) is 19.1. The van der Waals surface area contributed by atoms with Crippen LogP contribution in [-0.4, -0.2) is 25.5 Å². The van der Waals surface area contributed by atoms with E-state index in [9.17, 15) is 4.79 Å². The summed E-state index contributed by atoms with van der Waals surface area (Å²) in [4.78, 5) is 11.5. The first-order chi connectivity index (χ1) is 6.75. The number of hydrogen-bond donors (Lipinski definition) is 2. The van der Waals surface area contributed by atoms with Gasteiger partial charge in [0.25, 0.3) is 0 Å². The molecule has 0 radical (unpaired) electrons. The monoisotopic (exact) mass is 204 g/mol. The van der Waals surface area contributed by atoms with Crippen molar-refractivity contribution in [2.24, 2.45) is 0 Å². The molecule has 1 aliphatic rings. The Morgan fingerprint density at radius 2 is 1.64 bits per heavy atom. The van der Waals surface area contributed by atoms with Gasteiger partial charge in [0.05, 0.1) is 5.54 Å². The van der Waals surface area contributed by atoms with Crippen LogP contribution in [0.25, 0.3) is 0 Å². The Morgan fingerprint density at radius 3 is 2.00 bits per heavy atom. The molecule has 0 heterocycles. The van der Waals surface area contributed by atoms with Crippen molar-refractivity contribution in [3.8, 4) is 0 Å². The van der Waals surface area contributed by atoms with Crippen molar-refractivity contribution >= 4 is 5.91 Å². The number of amides is 1. The molecule has 2 N–H and O–H groups in total. The molecule has 1 aliphatic carbocycles. The summed E-state index contributed by atoms with van der Waals surface area (Å²) >= 11 is 0. The number of carbonyl (C=O) groups is 1. The van der Waals surface area contributed by atoms with Crippen molar-refractivity contribution in [3.63, 3.8) is 0 Å². The fraction of sp³-hybridized carbons (Fsp3) is 0.909. The first-order valence-electron chi connectivity index (χ1n) is 5.66. The van der Waals surface area contributed by atoms with Crippen LogP contribution in [0.1, 0.15) is 48.8 Å². The number of rotatable bonds is 2. The van der Waals surface area contributed by atoms with Gasteiger partial charge in [-0.25, -0.2) is 0 Å². The number of hydrogen-bond acceptors (Lipinski definition) is 2. The van der Waals surface area contributed by atoms with E-state index in [0.717, 1.165) is 25.7 Å². The third kappa shape index (κ3) is 2.98. The molecule has 1 rings (SSSR count). The molecule has 0 aromatic heterocycles. The van der Waals surface area contributed by atoms with Gasteiger partial charge >= 0.3 is 0 Å². The van der Waals surface area contributed by atoms with Gasteiger partial charge in [-0.3, -0.25) is 4.79 Å². The zero-order valence-electron chi connectivity index (χ0n) is 9.94. The molecule has 0 saturated heterocycles. The Morgan fingerprint density at radius 1 is 1.14 bits per heavy atom. The molecule has 1 saturated carbocycles. The third-order valence-electron chi connectivity index (χ3n) is 2.85. The van der Waals surface area contributed by atoms with E-state index in [-0.39, 0.29) is 14.3 Å². The van der Waals surface area contributed by atoms with Crippen LogP contribution in [0.15, 0.2) is 0 Å². The molecule has 0 unspecified atom stereocenters. The molecule has 0 bridgehead atoms. The summed E-state index contributed by atoms with van der Waals surface area (Å²) in [5.41, 5.74) is -0.271. The van der Waals surface area contributed by atoms with Gasteiger partial charge in [0.2, 0.25) is 5.91 Å². The minimum atomic E-state index is -0.271. The SMILES string of the molecule is CC.CNC(=O)C1(NC)CCCCC1.[HH].[HH]. The van der Waals surface area contributed by atoms with E-state index in [4.69, 9.17) is 0 Å². The second-order valence-corrected chi connectivity index (χ2v) is 3.47. The van der Waals surface area contributed by atoms with Crippen LogP contribution >= 0.6 is 0 Å². The lowest BCUT2D eigenvalue weighted by Crippen LogP contribution is -2.55. The molecule has 0 aromatic carbocycles. The molecule has 0 spiro atoms. The molecule has 1 fully saturated rings. The largest absolute Gasteiger partial charge is 0.358 e. The Balaban J connectivity index is -0.000000399. The van der Waals surface area contributed by atoms with Crippen LogP contribution in [0, 0.1) is 0 Å². The fourth-order valence-electron chi connectivity index (χ4n) is 1.99. The Labute approximate surface area is 90.6 Å². The average molecular weight is 204 g/mol. The van der Waals surface area contributed by atoms with Crippen molar-refractivity contribution in [2.75, 3.05) is 14.1 Å². The van der Waals surface area contributed by atoms with Crippen molar-refractivity contribution in [3.05, 3.63) is 0 Å². The molecule has 14 heavy (non-hydrogen) atoms. The lowest BCUT2D eigenvalue weighted by Gasteiger charge is -2.34. The second kappa shape index (κ2) is 6.82. The average Bonchev–Trinajstić information content (AvgIpc) is 2.31. The number of nitrogens with one attached hydrogen (secondary N) is 2. The van der Waals surface area contributed by atoms with E-state index in [1.54, 1.807) is 7.05 Å². The first-order valence-corrected chi connectivity index (χ1v) is 5.66. The molecular weight excluding hydrogens is 176 g/mol. The van der Waals surface area contributed by atoms with E-state index in [1.807, 2.05) is 20.9 Å². The van der Waals surface area contributed by atoms with Crippen molar-refractivity contribution in [1.82, 2.24) is 10.6 Å². The van der Waals surface area contributed by atoms with Gasteiger partial charge in [-0.15, -0.1) is 0 Å². The summed E-state index contributed by atoms with van der Waals surface area (Å²) in [6.45, 7) is 4.00. The third-order valence-corrected chi connectivity index (χ3v) is 2.85. The highest BCUT2D eigenvalue weighted by Crippen LogP contribution is 2.27. The van der Waals surface area contributed by atoms with Crippen LogP contribution in [0.5, 0.6) is 0 Å². The zero-order valence-corrected chi connectivity index (χ0v) is 9.94. The second-order valence-electron chi connectivity index (χ2n) is 3.47. The Bertz CT molecular complexity index is 171. The van der Waals surface area contributed by atoms with E-state index < -0.39 is 0 Å². The van der Waals surface area contributed by atoms with Gasteiger partial charge in [0, 0.05) is 9.90 Å². The van der Waals surface area contributed by atoms with Gasteiger partial charge < -0.3 is 10.6 Å². The van der Waals surface area contributed by atoms with Crippen LogP contribution in [0.2, 0.25) is 0 Å². The lowest BCUT2D eigenvalue weighted by atomic mass is 9.81. The molecule has 1 amide bonds. The van der Waals surface area contributed by atoms with E-state index >= 15 is 0 Å². The highest BCUT2D eigenvalue weighted by Gasteiger charge is 2.36. The number of carbonyl (C=O) groups excluding carboxylic acids is 1. The maximum absolute atomic E-state index is 11.5. The highest BCUT2D eigenvalue weighted by atomic mass is 16.2. The molecule has 0 atom stereocenters. The standard InChI is InChI=1S/C9H18N2O.C2H6.2H2/c1-10-8(12)9(11-2)6-4-3-5-7-9;1-2;;/h11H,3-7H2,1-2H3,(H,10,12);1-2H3;2*1H. The molecule has 0 aliphatic heterocycles. The minimum Gasteiger partial charge on any atom is -0.358 e. The maximum Gasteiger partial charge on any atom is 0.240 e. The van der Waals surface area contributed by atoms with Gasteiger partial charge in [0.1, 0.15) is 0 Å². The number of likely N-dealkylation sites (N-methyl/N-ethyl adjacent to an activating group) is 2. The molecule has 0 aromatic rings. The maximum atomic E-state index is 11.5. The molecule has 3 nitrogen and oxygen atoms in total. The summed E-state index contributed by atoms with van der Waals surface area (Å²) in [5, 5.41) is 5.88. The predicted molar refractivity (Wildman–Crippen MR) is 64.5 cm³/mol. The minimum absolute atomic E-state index is 0. The first kappa shape index (κ1) is 13.4. The predicted octanol–water partition coefficient (Wildman–Crippen LogP) is 2.17. The summed E-state index contributed by atoms with van der Waals surface area (Å²) in [7, 11) is 3.58. The van der Waals surface area contributed by atoms with Crippen LogP contribution in [0.3, 0.4) is 0 Å². The van der Waals surface area contributed by atoms with Gasteiger partial charge in [-0.1, -0.05) is 33.1 Å². The quantitative estimate of drug-likeness (QED) is 0.724. The molecular formula is C11H28N2O. The van der Waals surface area contributed by atoms with Gasteiger partial charge in [-0.2, -0.15) is 0 Å². The van der Waals surface area contributed by atoms with E-state index in [2.05, 4.69) is 10.6 Å². The van der Waals surface area contributed by atoms with Gasteiger partial charge in [0.15, 0.2) is 0 Å². The smallest absolute Gasteiger partial charge is 0.240 e. The summed E-state index contributed by atoms with van der Waals surface area (Å²) < 4.78 is 0. The van der Waals surface area contributed by atoms with E-state index in [0.29, 0.717) is 0 Å². The summed E-state index contributed by atoms with van der Waals surface area (Å²) in [6, 6.07) is 0. The Kier molecular flexibility index (Phi) is 6.54. The molecule has 3 heteroatoms. The molecule has 88 valence electrons. The van der Waals surface area contributed by atoms with Crippen molar-refractivity contribution < 1.29 is 7.65 Å². The van der Waals surface area contributed by atoms with Crippen LogP contribution in [0.4, 0.5) is 0 Å². The fourth-order valence-corrected chi connectivity index (χ4v) is 1.99. The Hall–Kier alpha value is -0.570. The van der Waals surface area contributed by atoms with Crippen LogP contribution in [-0.2, 0) is 4.79 Å². The highest BCUT2D eigenvalue weighted by molar-refractivity contribution is 5.86. The van der Waals surface area contributed by atoms with E-state index in [1.165, 1.54) is 6.42 Å². The zero-order chi connectivity index (χ0) is 11.0. The lowest BCUT2D eigenvalue weighted by molar-refractivity contribution is -0.128. The van der Waals surface area contributed by atoms with Gasteiger partial charge in [-0.05, 0) is 19.9 Å². The van der Waals surface area contributed by atoms with Crippen molar-refractivity contribution in [1.29, 1.82) is 0 Å². The topological polar surface area (TPSA) is 41.1 Å². The summed E-state index contributed by atoms with van der Waals surface area (Å²) in [5.74, 6) is 0.143. The van der Waals surface area contributed by atoms with Crippen molar-refractivity contribution in [2.45, 2.75) is 51.5 Å². The summed E-state index contributed by atoms with van der Waals surface area (Å²) in [6.07, 6.45) is 5.54.